The van der Waals surface area contributed by atoms with E-state index in [9.17, 15) is 13.2 Å². The second-order valence-electron chi connectivity index (χ2n) is 5.57. The normalized spacial score (nSPS) is 17.3. The average Bonchev–Trinajstić information content (AvgIpc) is 2.51. The maximum atomic E-state index is 12.1. The minimum absolute atomic E-state index is 0.146. The number of ether oxygens (including phenoxy) is 1. The molecule has 1 aliphatic heterocycles. The van der Waals surface area contributed by atoms with Crippen LogP contribution in [0.15, 0.2) is 4.99 Å². The molecule has 136 valence electrons. The number of halogens is 3. The first-order chi connectivity index (χ1) is 11.0. The lowest BCUT2D eigenvalue weighted by atomic mass is 10.2. The Bertz CT molecular complexity index is 331. The SMILES string of the molecule is CCNC(=NCCCN1CCOCC1)NCCCCC(F)(F)F. The minimum atomic E-state index is -4.06. The predicted octanol–water partition coefficient (Wildman–Crippen LogP) is 2.00. The van der Waals surface area contributed by atoms with Gasteiger partial charge >= 0.3 is 6.18 Å². The largest absolute Gasteiger partial charge is 0.389 e. The van der Waals surface area contributed by atoms with E-state index in [-0.39, 0.29) is 6.42 Å². The highest BCUT2D eigenvalue weighted by Crippen LogP contribution is 2.21. The van der Waals surface area contributed by atoms with Crippen molar-refractivity contribution in [2.24, 2.45) is 4.99 Å². The van der Waals surface area contributed by atoms with Gasteiger partial charge in [-0.2, -0.15) is 13.2 Å². The molecule has 0 saturated carbocycles. The van der Waals surface area contributed by atoms with Crippen LogP contribution in [0.4, 0.5) is 13.2 Å². The van der Waals surface area contributed by atoms with Gasteiger partial charge in [-0.3, -0.25) is 9.89 Å². The number of unbranched alkanes of at least 4 members (excludes halogenated alkanes) is 1. The number of alkyl halides is 3. The van der Waals surface area contributed by atoms with Gasteiger partial charge in [-0.25, -0.2) is 0 Å². The van der Waals surface area contributed by atoms with Crippen LogP contribution < -0.4 is 10.6 Å². The molecule has 1 saturated heterocycles. The molecule has 1 heterocycles. The van der Waals surface area contributed by atoms with Crippen LogP contribution in [-0.4, -0.2) is 69.5 Å². The van der Waals surface area contributed by atoms with Crippen LogP contribution >= 0.6 is 0 Å². The van der Waals surface area contributed by atoms with E-state index in [4.69, 9.17) is 4.74 Å². The summed E-state index contributed by atoms with van der Waals surface area (Å²) in [7, 11) is 0. The molecule has 0 bridgehead atoms. The fourth-order valence-electron chi connectivity index (χ4n) is 2.31. The van der Waals surface area contributed by atoms with Gasteiger partial charge in [-0.15, -0.1) is 0 Å². The summed E-state index contributed by atoms with van der Waals surface area (Å²) in [5, 5.41) is 6.19. The lowest BCUT2D eigenvalue weighted by Crippen LogP contribution is -2.38. The Kier molecular flexibility index (Phi) is 10.0. The zero-order valence-corrected chi connectivity index (χ0v) is 13.9. The zero-order valence-electron chi connectivity index (χ0n) is 13.9. The Balaban J connectivity index is 2.13. The molecule has 23 heavy (non-hydrogen) atoms. The summed E-state index contributed by atoms with van der Waals surface area (Å²) in [5.41, 5.74) is 0. The van der Waals surface area contributed by atoms with Crippen molar-refractivity contribution in [2.75, 3.05) is 52.5 Å². The van der Waals surface area contributed by atoms with Crippen molar-refractivity contribution < 1.29 is 17.9 Å². The maximum Gasteiger partial charge on any atom is 0.389 e. The molecule has 0 atom stereocenters. The smallest absolute Gasteiger partial charge is 0.379 e. The van der Waals surface area contributed by atoms with Crippen LogP contribution in [-0.2, 0) is 4.74 Å². The Hall–Kier alpha value is -1.02. The molecule has 1 rings (SSSR count). The van der Waals surface area contributed by atoms with Crippen molar-refractivity contribution in [2.45, 2.75) is 38.8 Å². The van der Waals surface area contributed by atoms with Gasteiger partial charge in [0.15, 0.2) is 5.96 Å². The third-order valence-electron chi connectivity index (χ3n) is 3.53. The van der Waals surface area contributed by atoms with Crippen molar-refractivity contribution in [3.63, 3.8) is 0 Å². The summed E-state index contributed by atoms with van der Waals surface area (Å²) in [6.07, 6.45) is -3.19. The van der Waals surface area contributed by atoms with E-state index in [1.54, 1.807) is 0 Å². The molecule has 1 fully saturated rings. The lowest BCUT2D eigenvalue weighted by Gasteiger charge is -2.26. The highest BCUT2D eigenvalue weighted by molar-refractivity contribution is 5.79. The van der Waals surface area contributed by atoms with Gasteiger partial charge in [-0.1, -0.05) is 0 Å². The van der Waals surface area contributed by atoms with E-state index in [1.165, 1.54) is 0 Å². The van der Waals surface area contributed by atoms with Gasteiger partial charge in [-0.05, 0) is 26.2 Å². The van der Waals surface area contributed by atoms with E-state index < -0.39 is 12.6 Å². The maximum absolute atomic E-state index is 12.1. The summed E-state index contributed by atoms with van der Waals surface area (Å²) in [4.78, 5) is 6.82. The number of nitrogens with zero attached hydrogens (tertiary/aromatic N) is 2. The van der Waals surface area contributed by atoms with Crippen LogP contribution in [0.5, 0.6) is 0 Å². The van der Waals surface area contributed by atoms with Crippen LogP contribution in [0.25, 0.3) is 0 Å². The van der Waals surface area contributed by atoms with Gasteiger partial charge in [0, 0.05) is 45.7 Å². The first-order valence-corrected chi connectivity index (χ1v) is 8.40. The number of hydrogen-bond acceptors (Lipinski definition) is 3. The lowest BCUT2D eigenvalue weighted by molar-refractivity contribution is -0.135. The van der Waals surface area contributed by atoms with Crippen LogP contribution in [0.1, 0.15) is 32.6 Å². The third kappa shape index (κ3) is 11.2. The minimum Gasteiger partial charge on any atom is -0.379 e. The molecule has 0 aromatic carbocycles. The summed E-state index contributed by atoms with van der Waals surface area (Å²) < 4.78 is 41.5. The van der Waals surface area contributed by atoms with Gasteiger partial charge in [0.05, 0.1) is 13.2 Å². The Labute approximate surface area is 136 Å². The topological polar surface area (TPSA) is 48.9 Å². The van der Waals surface area contributed by atoms with Crippen molar-refractivity contribution in [3.05, 3.63) is 0 Å². The monoisotopic (exact) mass is 338 g/mol. The second kappa shape index (κ2) is 11.5. The van der Waals surface area contributed by atoms with E-state index >= 15 is 0 Å². The van der Waals surface area contributed by atoms with Gasteiger partial charge in [0.25, 0.3) is 0 Å². The quantitative estimate of drug-likeness (QED) is 0.384. The second-order valence-corrected chi connectivity index (χ2v) is 5.57. The summed E-state index contributed by atoms with van der Waals surface area (Å²) in [6, 6.07) is 0. The fourth-order valence-corrected chi connectivity index (χ4v) is 2.31. The highest BCUT2D eigenvalue weighted by Gasteiger charge is 2.25. The Morgan fingerprint density at radius 1 is 1.13 bits per heavy atom. The van der Waals surface area contributed by atoms with Gasteiger partial charge in [0.1, 0.15) is 0 Å². The molecule has 2 N–H and O–H groups in total. The molecule has 1 aliphatic rings. The molecule has 0 spiro atoms. The number of guanidine groups is 1. The van der Waals surface area contributed by atoms with E-state index in [0.29, 0.717) is 25.5 Å². The number of aliphatic imine (C=N–C) groups is 1. The average molecular weight is 338 g/mol. The van der Waals surface area contributed by atoms with Gasteiger partial charge < -0.3 is 15.4 Å². The molecule has 8 heteroatoms. The molecular formula is C15H29F3N4O. The zero-order chi connectivity index (χ0) is 17.0. The number of morpholine rings is 1. The van der Waals surface area contributed by atoms with Crippen molar-refractivity contribution >= 4 is 5.96 Å². The molecule has 0 aliphatic carbocycles. The molecular weight excluding hydrogens is 309 g/mol. The van der Waals surface area contributed by atoms with Crippen LogP contribution in [0.2, 0.25) is 0 Å². The molecule has 0 aromatic rings. The fraction of sp³-hybridized carbons (Fsp3) is 0.933. The number of nitrogens with one attached hydrogen (secondary N) is 2. The molecule has 0 amide bonds. The molecule has 0 aromatic heterocycles. The van der Waals surface area contributed by atoms with E-state index in [0.717, 1.165) is 45.8 Å². The van der Waals surface area contributed by atoms with E-state index in [1.807, 2.05) is 6.92 Å². The standard InChI is InChI=1S/C15H29F3N4O/c1-2-19-14(20-7-4-3-6-15(16,17)18)21-8-5-9-22-10-12-23-13-11-22/h2-13H2,1H3,(H2,19,20,21). The summed E-state index contributed by atoms with van der Waals surface area (Å²) in [6.45, 7) is 8.45. The number of hydrogen-bond donors (Lipinski definition) is 2. The predicted molar refractivity (Wildman–Crippen MR) is 85.8 cm³/mol. The highest BCUT2D eigenvalue weighted by atomic mass is 19.4. The first kappa shape index (κ1) is 20.0. The van der Waals surface area contributed by atoms with Crippen molar-refractivity contribution in [1.82, 2.24) is 15.5 Å². The van der Waals surface area contributed by atoms with Crippen LogP contribution in [0.3, 0.4) is 0 Å². The van der Waals surface area contributed by atoms with Crippen molar-refractivity contribution in [3.8, 4) is 0 Å². The summed E-state index contributed by atoms with van der Waals surface area (Å²) >= 11 is 0. The van der Waals surface area contributed by atoms with Gasteiger partial charge in [0.2, 0.25) is 0 Å². The molecule has 0 unspecified atom stereocenters. The molecule has 0 radical (unpaired) electrons. The van der Waals surface area contributed by atoms with Crippen molar-refractivity contribution in [1.29, 1.82) is 0 Å². The number of rotatable bonds is 9. The third-order valence-corrected chi connectivity index (χ3v) is 3.53. The first-order valence-electron chi connectivity index (χ1n) is 8.40. The Morgan fingerprint density at radius 2 is 1.87 bits per heavy atom. The molecule has 5 nitrogen and oxygen atoms in total. The summed E-state index contributed by atoms with van der Waals surface area (Å²) in [5.74, 6) is 0.682. The Morgan fingerprint density at radius 3 is 2.52 bits per heavy atom. The van der Waals surface area contributed by atoms with E-state index in [2.05, 4.69) is 20.5 Å². The van der Waals surface area contributed by atoms with Crippen LogP contribution in [0, 0.1) is 0 Å².